The number of hydrogen-bond donors (Lipinski definition) is 0. The molecule has 0 N–H and O–H groups in total. The lowest BCUT2D eigenvalue weighted by Crippen LogP contribution is -2.30. The molecule has 1 unspecified atom stereocenters. The van der Waals surface area contributed by atoms with E-state index < -0.39 is 33.1 Å². The summed E-state index contributed by atoms with van der Waals surface area (Å²) in [7, 11) is -3.56. The molecule has 0 aromatic rings. The molecule has 6 heteroatoms. The third-order valence-electron chi connectivity index (χ3n) is 1.48. The van der Waals surface area contributed by atoms with Crippen LogP contribution in [0.5, 0.6) is 0 Å². The van der Waals surface area contributed by atoms with Gasteiger partial charge in [-0.15, -0.1) is 0 Å². The lowest BCUT2D eigenvalue weighted by molar-refractivity contribution is -0.151. The first-order valence-corrected chi connectivity index (χ1v) is 6.70. The summed E-state index contributed by atoms with van der Waals surface area (Å²) in [5, 5.41) is 8.49. The summed E-state index contributed by atoms with van der Waals surface area (Å²) >= 11 is 0. The summed E-state index contributed by atoms with van der Waals surface area (Å²) in [6.45, 7) is 6.48. The predicted octanol–water partition coefficient (Wildman–Crippen LogP) is 0.903. The molecule has 0 aliphatic carbocycles. The summed E-state index contributed by atoms with van der Waals surface area (Å²) in [5.74, 6) is -2.39. The fourth-order valence-electron chi connectivity index (χ4n) is 1.03. The Hall–Kier alpha value is -1.09. The van der Waals surface area contributed by atoms with Gasteiger partial charge in [0.2, 0.25) is 0 Å². The van der Waals surface area contributed by atoms with E-state index in [0.29, 0.717) is 0 Å². The molecule has 0 aromatic carbocycles. The van der Waals surface area contributed by atoms with Crippen molar-refractivity contribution in [1.29, 1.82) is 5.26 Å². The molecule has 92 valence electrons. The molecule has 0 aliphatic rings. The summed E-state index contributed by atoms with van der Waals surface area (Å²) in [5.41, 5.74) is -0.701. The van der Waals surface area contributed by atoms with Crippen LogP contribution in [-0.2, 0) is 19.4 Å². The molecule has 0 bridgehead atoms. The molecule has 0 spiro atoms. The molecule has 1 atom stereocenters. The fourth-order valence-corrected chi connectivity index (χ4v) is 2.40. The Balaban J connectivity index is 4.40. The number of nitriles is 1. The monoisotopic (exact) mass is 247 g/mol. The van der Waals surface area contributed by atoms with Gasteiger partial charge in [0.1, 0.15) is 11.4 Å². The van der Waals surface area contributed by atoms with Crippen LogP contribution >= 0.6 is 0 Å². The molecule has 0 rings (SSSR count). The number of ether oxygens (including phenoxy) is 1. The molecule has 0 aliphatic heterocycles. The maximum atomic E-state index is 11.4. The van der Waals surface area contributed by atoms with Gasteiger partial charge < -0.3 is 4.74 Å². The Labute approximate surface area is 96.3 Å². The molecule has 0 radical (unpaired) electrons. The molecule has 0 fully saturated rings. The number of nitrogens with zero attached hydrogens (tertiary/aromatic N) is 1. The lowest BCUT2D eigenvalue weighted by atomic mass is 10.2. The number of sulfone groups is 1. The first-order chi connectivity index (χ1) is 7.06. The number of carbonyl (C=O) groups is 1. The zero-order chi connectivity index (χ0) is 13.0. The number of hydrogen-bond acceptors (Lipinski definition) is 5. The second-order valence-electron chi connectivity index (χ2n) is 4.67. The maximum Gasteiger partial charge on any atom is 0.321 e. The zero-order valence-corrected chi connectivity index (χ0v) is 10.8. The highest BCUT2D eigenvalue weighted by molar-refractivity contribution is 7.92. The van der Waals surface area contributed by atoms with E-state index in [4.69, 9.17) is 10.00 Å². The van der Waals surface area contributed by atoms with Crippen molar-refractivity contribution in [3.05, 3.63) is 0 Å². The Kier molecular flexibility index (Phi) is 4.94. The SMILES string of the molecule is CC(C#N)CS(=O)(=O)CC(=O)OC(C)(C)C. The van der Waals surface area contributed by atoms with Crippen LogP contribution in [0, 0.1) is 17.2 Å². The van der Waals surface area contributed by atoms with Gasteiger partial charge in [0.05, 0.1) is 17.7 Å². The van der Waals surface area contributed by atoms with Gasteiger partial charge in [-0.25, -0.2) is 8.42 Å². The van der Waals surface area contributed by atoms with Crippen molar-refractivity contribution in [3.8, 4) is 6.07 Å². The third-order valence-corrected chi connectivity index (χ3v) is 3.17. The van der Waals surface area contributed by atoms with Crippen LogP contribution in [0.3, 0.4) is 0 Å². The molecule has 0 aromatic heterocycles. The Bertz CT molecular complexity index is 386. The predicted molar refractivity (Wildman–Crippen MR) is 59.3 cm³/mol. The largest absolute Gasteiger partial charge is 0.459 e. The topological polar surface area (TPSA) is 84.2 Å². The van der Waals surface area contributed by atoms with Crippen molar-refractivity contribution in [2.75, 3.05) is 11.5 Å². The summed E-state index contributed by atoms with van der Waals surface area (Å²) < 4.78 is 27.8. The third kappa shape index (κ3) is 7.23. The van der Waals surface area contributed by atoms with Gasteiger partial charge in [0, 0.05) is 0 Å². The summed E-state index contributed by atoms with van der Waals surface area (Å²) in [4.78, 5) is 11.3. The van der Waals surface area contributed by atoms with Crippen LogP contribution < -0.4 is 0 Å². The highest BCUT2D eigenvalue weighted by Gasteiger charge is 2.24. The smallest absolute Gasteiger partial charge is 0.321 e. The minimum absolute atomic E-state index is 0.317. The zero-order valence-electron chi connectivity index (χ0n) is 9.98. The van der Waals surface area contributed by atoms with Gasteiger partial charge in [-0.3, -0.25) is 4.79 Å². The molecule has 0 heterocycles. The molecule has 16 heavy (non-hydrogen) atoms. The van der Waals surface area contributed by atoms with Crippen molar-refractivity contribution >= 4 is 15.8 Å². The van der Waals surface area contributed by atoms with Crippen LogP contribution in [0.2, 0.25) is 0 Å². The van der Waals surface area contributed by atoms with Gasteiger partial charge >= 0.3 is 5.97 Å². The van der Waals surface area contributed by atoms with Gasteiger partial charge in [-0.1, -0.05) is 0 Å². The minimum Gasteiger partial charge on any atom is -0.459 e. The van der Waals surface area contributed by atoms with E-state index in [0.717, 1.165) is 0 Å². The normalized spacial score (nSPS) is 13.9. The van der Waals surface area contributed by atoms with E-state index in [1.807, 2.05) is 6.07 Å². The van der Waals surface area contributed by atoms with Crippen molar-refractivity contribution in [2.45, 2.75) is 33.3 Å². The number of carbonyl (C=O) groups excluding carboxylic acids is 1. The molecule has 5 nitrogen and oxygen atoms in total. The van der Waals surface area contributed by atoms with Gasteiger partial charge in [-0.2, -0.15) is 5.26 Å². The second-order valence-corrected chi connectivity index (χ2v) is 6.78. The second kappa shape index (κ2) is 5.30. The lowest BCUT2D eigenvalue weighted by Gasteiger charge is -2.19. The Morgan fingerprint density at radius 2 is 1.94 bits per heavy atom. The van der Waals surface area contributed by atoms with Gasteiger partial charge in [-0.05, 0) is 27.7 Å². The average molecular weight is 247 g/mol. The van der Waals surface area contributed by atoms with E-state index in [9.17, 15) is 13.2 Å². The van der Waals surface area contributed by atoms with Crippen molar-refractivity contribution in [2.24, 2.45) is 5.92 Å². The van der Waals surface area contributed by atoms with Crippen molar-refractivity contribution in [1.82, 2.24) is 0 Å². The average Bonchev–Trinajstić information content (AvgIpc) is 1.97. The molecule has 0 saturated carbocycles. The van der Waals surface area contributed by atoms with E-state index >= 15 is 0 Å². The maximum absolute atomic E-state index is 11.4. The van der Waals surface area contributed by atoms with Crippen LogP contribution in [-0.4, -0.2) is 31.5 Å². The highest BCUT2D eigenvalue weighted by Crippen LogP contribution is 2.09. The Morgan fingerprint density at radius 3 is 2.31 bits per heavy atom. The van der Waals surface area contributed by atoms with Gasteiger partial charge in [0.25, 0.3) is 0 Å². The van der Waals surface area contributed by atoms with Crippen LogP contribution in [0.4, 0.5) is 0 Å². The van der Waals surface area contributed by atoms with E-state index in [2.05, 4.69) is 0 Å². The number of esters is 1. The van der Waals surface area contributed by atoms with Gasteiger partial charge in [0.15, 0.2) is 9.84 Å². The van der Waals surface area contributed by atoms with Crippen molar-refractivity contribution < 1.29 is 17.9 Å². The standard InChI is InChI=1S/C10H17NO4S/c1-8(5-11)6-16(13,14)7-9(12)15-10(2,3)4/h8H,6-7H2,1-4H3. The van der Waals surface area contributed by atoms with E-state index in [1.165, 1.54) is 6.92 Å². The first kappa shape index (κ1) is 14.9. The molecular formula is C10H17NO4S. The van der Waals surface area contributed by atoms with Crippen LogP contribution in [0.25, 0.3) is 0 Å². The minimum atomic E-state index is -3.56. The molecule has 0 saturated heterocycles. The molecular weight excluding hydrogens is 230 g/mol. The Morgan fingerprint density at radius 1 is 1.44 bits per heavy atom. The van der Waals surface area contributed by atoms with Crippen LogP contribution in [0.1, 0.15) is 27.7 Å². The fraction of sp³-hybridized carbons (Fsp3) is 0.800. The molecule has 0 amide bonds. The summed E-state index contributed by atoms with van der Waals surface area (Å²) in [6, 6.07) is 1.81. The quantitative estimate of drug-likeness (QED) is 0.689. The van der Waals surface area contributed by atoms with E-state index in [1.54, 1.807) is 20.8 Å². The van der Waals surface area contributed by atoms with E-state index in [-0.39, 0.29) is 5.75 Å². The summed E-state index contributed by atoms with van der Waals surface area (Å²) in [6.07, 6.45) is 0. The van der Waals surface area contributed by atoms with Crippen molar-refractivity contribution in [3.63, 3.8) is 0 Å². The number of rotatable bonds is 4. The van der Waals surface area contributed by atoms with Crippen LogP contribution in [0.15, 0.2) is 0 Å². The first-order valence-electron chi connectivity index (χ1n) is 4.87. The highest BCUT2D eigenvalue weighted by atomic mass is 32.2.